The minimum Gasteiger partial charge on any atom is -0.477 e. The summed E-state index contributed by atoms with van der Waals surface area (Å²) in [4.78, 5) is 19.8. The molecule has 0 aromatic carbocycles. The van der Waals surface area contributed by atoms with E-state index >= 15 is 0 Å². The van der Waals surface area contributed by atoms with Crippen molar-refractivity contribution < 1.29 is 40.2 Å². The van der Waals surface area contributed by atoms with E-state index in [0.29, 0.717) is 0 Å². The van der Waals surface area contributed by atoms with Crippen LogP contribution in [0.4, 0.5) is 0 Å². The van der Waals surface area contributed by atoms with Crippen LogP contribution >= 0.6 is 0 Å². The molecular formula is C4H6Na2O8. The van der Waals surface area contributed by atoms with Gasteiger partial charge in [-0.2, -0.15) is 0 Å². The molecule has 0 amide bonds. The summed E-state index contributed by atoms with van der Waals surface area (Å²) in [6.07, 6.45) is 0. The predicted octanol–water partition coefficient (Wildman–Crippen LogP) is -4.24. The first-order valence-corrected chi connectivity index (χ1v) is 2.50. The molecule has 2 radical (unpaired) electrons. The van der Waals surface area contributed by atoms with Gasteiger partial charge in [0.05, 0.1) is 0 Å². The minimum absolute atomic E-state index is 0. The van der Waals surface area contributed by atoms with Gasteiger partial charge in [-0.15, -0.1) is 0 Å². The average Bonchev–Trinajstić information content (AvgIpc) is 1.86. The number of hydrogen-bond acceptors (Lipinski definition) is 6. The van der Waals surface area contributed by atoms with E-state index < -0.39 is 23.5 Å². The van der Waals surface area contributed by atoms with Crippen molar-refractivity contribution in [2.45, 2.75) is 11.6 Å². The molecule has 0 aromatic rings. The van der Waals surface area contributed by atoms with Gasteiger partial charge in [0.25, 0.3) is 0 Å². The van der Waals surface area contributed by atoms with Crippen molar-refractivity contribution in [2.75, 3.05) is 0 Å². The van der Waals surface area contributed by atoms with Gasteiger partial charge in [0.1, 0.15) is 0 Å². The van der Waals surface area contributed by atoms with Crippen LogP contribution in [0.15, 0.2) is 0 Å². The van der Waals surface area contributed by atoms with Crippen molar-refractivity contribution in [3.63, 3.8) is 0 Å². The molecule has 0 aliphatic heterocycles. The number of carbonyl (C=O) groups is 2. The summed E-state index contributed by atoms with van der Waals surface area (Å²) in [5, 5.41) is 49.3. The Morgan fingerprint density at radius 1 is 0.714 bits per heavy atom. The second-order valence-corrected chi connectivity index (χ2v) is 1.95. The van der Waals surface area contributed by atoms with E-state index in [4.69, 9.17) is 30.6 Å². The Balaban J connectivity index is -0.000000605. The molecule has 0 fully saturated rings. The average molecular weight is 228 g/mol. The summed E-state index contributed by atoms with van der Waals surface area (Å²) >= 11 is 0. The van der Waals surface area contributed by atoms with Gasteiger partial charge in [-0.1, -0.05) is 0 Å². The quantitative estimate of drug-likeness (QED) is 0.209. The monoisotopic (exact) mass is 228 g/mol. The number of aliphatic hydroxyl groups is 4. The summed E-state index contributed by atoms with van der Waals surface area (Å²) in [5.41, 5.74) is 0. The standard InChI is InChI=1S/C4H6O8.2Na/c5-1(6)3(9,10)4(11,12)2(7)8;;/h9-12H,(H,5,6)(H,7,8);;. The maximum absolute atomic E-state index is 9.89. The Labute approximate surface area is 122 Å². The number of carboxylic acid groups (broad SMARTS) is 2. The third kappa shape index (κ3) is 3.74. The van der Waals surface area contributed by atoms with Gasteiger partial charge in [-0.25, -0.2) is 9.59 Å². The van der Waals surface area contributed by atoms with E-state index in [0.717, 1.165) is 0 Å². The topological polar surface area (TPSA) is 156 Å². The van der Waals surface area contributed by atoms with Crippen molar-refractivity contribution in [1.82, 2.24) is 0 Å². The summed E-state index contributed by atoms with van der Waals surface area (Å²) in [6, 6.07) is 0. The van der Waals surface area contributed by atoms with Crippen LogP contribution in [-0.4, -0.2) is 113 Å². The molecule has 0 atom stereocenters. The van der Waals surface area contributed by atoms with E-state index in [2.05, 4.69) is 0 Å². The zero-order valence-electron chi connectivity index (χ0n) is 7.50. The SMILES string of the molecule is O=C(O)C(O)(O)C(O)(O)C(=O)O.[Na].[Na]. The normalized spacial score (nSPS) is 10.9. The zero-order valence-corrected chi connectivity index (χ0v) is 11.5. The third-order valence-electron chi connectivity index (χ3n) is 1.08. The van der Waals surface area contributed by atoms with Gasteiger partial charge in [0.15, 0.2) is 0 Å². The molecule has 0 aromatic heterocycles. The van der Waals surface area contributed by atoms with Crippen molar-refractivity contribution in [1.29, 1.82) is 0 Å². The molecule has 72 valence electrons. The summed E-state index contributed by atoms with van der Waals surface area (Å²) < 4.78 is 0. The first-order chi connectivity index (χ1) is 5.14. The molecular weight excluding hydrogens is 222 g/mol. The molecule has 0 saturated heterocycles. The second kappa shape index (κ2) is 6.38. The summed E-state index contributed by atoms with van der Waals surface area (Å²) in [6.45, 7) is 0. The number of rotatable bonds is 3. The van der Waals surface area contributed by atoms with Crippen molar-refractivity contribution in [3.8, 4) is 0 Å². The van der Waals surface area contributed by atoms with Crippen LogP contribution in [-0.2, 0) is 9.59 Å². The molecule has 8 nitrogen and oxygen atoms in total. The smallest absolute Gasteiger partial charge is 0.370 e. The molecule has 10 heteroatoms. The second-order valence-electron chi connectivity index (χ2n) is 1.95. The Kier molecular flexibility index (Phi) is 9.22. The molecule has 0 aliphatic carbocycles. The van der Waals surface area contributed by atoms with Gasteiger partial charge < -0.3 is 30.6 Å². The van der Waals surface area contributed by atoms with Gasteiger partial charge in [-0.3, -0.25) is 0 Å². The first kappa shape index (κ1) is 20.2. The molecule has 0 heterocycles. The van der Waals surface area contributed by atoms with Gasteiger partial charge in [0, 0.05) is 59.1 Å². The Morgan fingerprint density at radius 2 is 0.857 bits per heavy atom. The fourth-order valence-corrected chi connectivity index (χ4v) is 0.298. The van der Waals surface area contributed by atoms with Crippen molar-refractivity contribution in [2.24, 2.45) is 0 Å². The van der Waals surface area contributed by atoms with Crippen molar-refractivity contribution in [3.05, 3.63) is 0 Å². The molecule has 14 heavy (non-hydrogen) atoms. The van der Waals surface area contributed by atoms with Crippen LogP contribution in [0.3, 0.4) is 0 Å². The van der Waals surface area contributed by atoms with E-state index in [1.807, 2.05) is 0 Å². The van der Waals surface area contributed by atoms with E-state index in [1.165, 1.54) is 0 Å². The maximum Gasteiger partial charge on any atom is 0.370 e. The van der Waals surface area contributed by atoms with Gasteiger partial charge in [0.2, 0.25) is 0 Å². The van der Waals surface area contributed by atoms with Crippen LogP contribution in [0, 0.1) is 0 Å². The number of hydrogen-bond donors (Lipinski definition) is 6. The fourth-order valence-electron chi connectivity index (χ4n) is 0.298. The van der Waals surface area contributed by atoms with Crippen LogP contribution in [0.2, 0.25) is 0 Å². The number of aliphatic carboxylic acids is 2. The predicted molar refractivity (Wildman–Crippen MR) is 41.1 cm³/mol. The Hall–Kier alpha value is 0.780. The largest absolute Gasteiger partial charge is 0.477 e. The molecule has 0 aliphatic rings. The molecule has 0 spiro atoms. The maximum atomic E-state index is 9.89. The Morgan fingerprint density at radius 3 is 0.929 bits per heavy atom. The third-order valence-corrected chi connectivity index (χ3v) is 1.08. The minimum atomic E-state index is -4.15. The summed E-state index contributed by atoms with van der Waals surface area (Å²) in [5.74, 6) is -13.3. The molecule has 0 saturated carbocycles. The Bertz CT molecular complexity index is 199. The van der Waals surface area contributed by atoms with Crippen LogP contribution in [0.25, 0.3) is 0 Å². The van der Waals surface area contributed by atoms with Gasteiger partial charge >= 0.3 is 23.5 Å². The molecule has 0 unspecified atom stereocenters. The fraction of sp³-hybridized carbons (Fsp3) is 0.500. The van der Waals surface area contributed by atoms with Crippen molar-refractivity contribution >= 4 is 71.1 Å². The van der Waals surface area contributed by atoms with Crippen LogP contribution < -0.4 is 0 Å². The number of carboxylic acids is 2. The molecule has 0 bridgehead atoms. The summed E-state index contributed by atoms with van der Waals surface area (Å²) in [7, 11) is 0. The van der Waals surface area contributed by atoms with Gasteiger partial charge in [-0.05, 0) is 0 Å². The molecule has 0 rings (SSSR count). The zero-order chi connectivity index (χ0) is 10.2. The van der Waals surface area contributed by atoms with Crippen LogP contribution in [0.1, 0.15) is 0 Å². The van der Waals surface area contributed by atoms with E-state index in [-0.39, 0.29) is 59.1 Å². The first-order valence-electron chi connectivity index (χ1n) is 2.50. The van der Waals surface area contributed by atoms with E-state index in [9.17, 15) is 9.59 Å². The molecule has 6 N–H and O–H groups in total. The van der Waals surface area contributed by atoms with E-state index in [1.54, 1.807) is 0 Å². The van der Waals surface area contributed by atoms with Crippen LogP contribution in [0.5, 0.6) is 0 Å².